The topological polar surface area (TPSA) is 34.1 Å². The van der Waals surface area contributed by atoms with Gasteiger partial charge in [0.2, 0.25) is 0 Å². The van der Waals surface area contributed by atoms with Gasteiger partial charge in [-0.2, -0.15) is 0 Å². The highest BCUT2D eigenvalue weighted by atomic mass is 32.2. The second kappa shape index (κ2) is 6.93. The lowest BCUT2D eigenvalue weighted by atomic mass is 9.93. The molecule has 0 atom stereocenters. The van der Waals surface area contributed by atoms with Crippen LogP contribution < -0.4 is 0 Å². The van der Waals surface area contributed by atoms with E-state index in [1.54, 1.807) is 18.7 Å². The monoisotopic (exact) mass is 312 g/mol. The summed E-state index contributed by atoms with van der Waals surface area (Å²) in [7, 11) is 0. The number of carbonyl (C=O) groups is 2. The van der Waals surface area contributed by atoms with Gasteiger partial charge in [0.15, 0.2) is 5.78 Å². The first-order chi connectivity index (χ1) is 10.4. The summed E-state index contributed by atoms with van der Waals surface area (Å²) in [6, 6.07) is 11.5. The van der Waals surface area contributed by atoms with Crippen LogP contribution in [0.3, 0.4) is 0 Å². The van der Waals surface area contributed by atoms with Gasteiger partial charge in [-0.05, 0) is 74.0 Å². The lowest BCUT2D eigenvalue weighted by Crippen LogP contribution is -2.07. The van der Waals surface area contributed by atoms with Crippen molar-refractivity contribution in [3.8, 4) is 0 Å². The Hall–Kier alpha value is -1.87. The van der Waals surface area contributed by atoms with Crippen LogP contribution in [-0.4, -0.2) is 17.8 Å². The third-order valence-corrected chi connectivity index (χ3v) is 4.46. The summed E-state index contributed by atoms with van der Waals surface area (Å²) in [5, 5.41) is 0. The molecule has 0 radical (unpaired) electrons. The molecular weight excluding hydrogens is 292 g/mol. The molecule has 0 aliphatic carbocycles. The van der Waals surface area contributed by atoms with Gasteiger partial charge in [-0.1, -0.05) is 6.07 Å². The lowest BCUT2D eigenvalue weighted by Gasteiger charge is -2.11. The highest BCUT2D eigenvalue weighted by molar-refractivity contribution is 7.98. The number of rotatable bonds is 5. The first kappa shape index (κ1) is 16.5. The van der Waals surface area contributed by atoms with Crippen LogP contribution in [0.15, 0.2) is 41.3 Å². The second-order valence-corrected chi connectivity index (χ2v) is 6.41. The minimum atomic E-state index is 0.0302. The minimum Gasteiger partial charge on any atom is -0.300 e. The molecule has 0 aliphatic heterocycles. The molecule has 0 amide bonds. The van der Waals surface area contributed by atoms with Crippen molar-refractivity contribution in [1.82, 2.24) is 0 Å². The predicted octanol–water partition coefficient (Wildman–Crippen LogP) is 4.39. The van der Waals surface area contributed by atoms with E-state index in [4.69, 9.17) is 0 Å². The van der Waals surface area contributed by atoms with Gasteiger partial charge < -0.3 is 0 Å². The standard InChI is InChI=1S/C19H20O2S/c1-12-10-18(13(2)9-16(12)11-14(3)20)19(21)15-5-7-17(22-4)8-6-15/h5-10H,11H2,1-4H3. The lowest BCUT2D eigenvalue weighted by molar-refractivity contribution is -0.116. The quantitative estimate of drug-likeness (QED) is 0.606. The number of thioether (sulfide) groups is 1. The van der Waals surface area contributed by atoms with Gasteiger partial charge in [-0.15, -0.1) is 11.8 Å². The van der Waals surface area contributed by atoms with Gasteiger partial charge in [0, 0.05) is 22.4 Å². The van der Waals surface area contributed by atoms with Crippen LogP contribution in [0.5, 0.6) is 0 Å². The number of Topliss-reactive ketones (excluding diaryl/α,β-unsaturated/α-hetero) is 1. The van der Waals surface area contributed by atoms with Crippen LogP contribution in [0, 0.1) is 13.8 Å². The minimum absolute atomic E-state index is 0.0302. The van der Waals surface area contributed by atoms with E-state index in [1.807, 2.05) is 56.5 Å². The highest BCUT2D eigenvalue weighted by Gasteiger charge is 2.14. The Kier molecular flexibility index (Phi) is 5.19. The zero-order valence-corrected chi connectivity index (χ0v) is 14.2. The first-order valence-electron chi connectivity index (χ1n) is 7.20. The summed E-state index contributed by atoms with van der Waals surface area (Å²) in [6.45, 7) is 5.46. The molecule has 0 N–H and O–H groups in total. The molecule has 2 nitrogen and oxygen atoms in total. The van der Waals surface area contributed by atoms with Crippen LogP contribution in [-0.2, 0) is 11.2 Å². The van der Waals surface area contributed by atoms with Crippen molar-refractivity contribution in [3.05, 3.63) is 64.2 Å². The van der Waals surface area contributed by atoms with Crippen LogP contribution in [0.2, 0.25) is 0 Å². The van der Waals surface area contributed by atoms with Gasteiger partial charge in [0.25, 0.3) is 0 Å². The zero-order chi connectivity index (χ0) is 16.3. The van der Waals surface area contributed by atoms with E-state index in [1.165, 1.54) is 0 Å². The fraction of sp³-hybridized carbons (Fsp3) is 0.263. The maximum atomic E-state index is 12.7. The molecule has 0 fully saturated rings. The Morgan fingerprint density at radius 3 is 2.18 bits per heavy atom. The van der Waals surface area contributed by atoms with Crippen LogP contribution in [0.25, 0.3) is 0 Å². The summed E-state index contributed by atoms with van der Waals surface area (Å²) in [5.74, 6) is 0.164. The van der Waals surface area contributed by atoms with Gasteiger partial charge in [0.05, 0.1) is 0 Å². The van der Waals surface area contributed by atoms with E-state index in [9.17, 15) is 9.59 Å². The Bertz CT molecular complexity index is 715. The third kappa shape index (κ3) is 3.66. The van der Waals surface area contributed by atoms with Crippen molar-refractivity contribution < 1.29 is 9.59 Å². The van der Waals surface area contributed by atoms with Crippen molar-refractivity contribution in [2.24, 2.45) is 0 Å². The largest absolute Gasteiger partial charge is 0.300 e. The van der Waals surface area contributed by atoms with E-state index in [2.05, 4.69) is 0 Å². The maximum Gasteiger partial charge on any atom is 0.193 e. The smallest absolute Gasteiger partial charge is 0.193 e. The number of hydrogen-bond acceptors (Lipinski definition) is 3. The van der Waals surface area contributed by atoms with E-state index in [-0.39, 0.29) is 11.6 Å². The van der Waals surface area contributed by atoms with E-state index in [0.717, 1.165) is 21.6 Å². The van der Waals surface area contributed by atoms with Crippen LogP contribution in [0.1, 0.15) is 39.5 Å². The molecule has 0 spiro atoms. The Labute approximate surface area is 135 Å². The molecule has 114 valence electrons. The molecule has 0 saturated heterocycles. The molecule has 0 heterocycles. The summed E-state index contributed by atoms with van der Waals surface area (Å²) < 4.78 is 0. The molecule has 0 aliphatic rings. The van der Waals surface area contributed by atoms with Crippen molar-refractivity contribution in [2.75, 3.05) is 6.26 Å². The molecule has 0 bridgehead atoms. The van der Waals surface area contributed by atoms with Crippen LogP contribution >= 0.6 is 11.8 Å². The summed E-state index contributed by atoms with van der Waals surface area (Å²) in [6.07, 6.45) is 2.43. The Balaban J connectivity index is 2.36. The molecule has 22 heavy (non-hydrogen) atoms. The van der Waals surface area contributed by atoms with E-state index in [0.29, 0.717) is 17.5 Å². The van der Waals surface area contributed by atoms with Crippen LogP contribution in [0.4, 0.5) is 0 Å². The predicted molar refractivity (Wildman–Crippen MR) is 92.0 cm³/mol. The second-order valence-electron chi connectivity index (χ2n) is 5.53. The molecule has 2 rings (SSSR count). The maximum absolute atomic E-state index is 12.7. The van der Waals surface area contributed by atoms with Crippen molar-refractivity contribution >= 4 is 23.3 Å². The van der Waals surface area contributed by atoms with Gasteiger partial charge in [-0.25, -0.2) is 0 Å². The Morgan fingerprint density at radius 1 is 1.00 bits per heavy atom. The average molecular weight is 312 g/mol. The third-order valence-electron chi connectivity index (χ3n) is 3.72. The fourth-order valence-electron chi connectivity index (χ4n) is 2.48. The molecule has 0 unspecified atom stereocenters. The number of ketones is 2. The molecule has 3 heteroatoms. The molecule has 2 aromatic rings. The number of aryl methyl sites for hydroxylation is 2. The molecule has 0 saturated carbocycles. The first-order valence-corrected chi connectivity index (χ1v) is 8.43. The van der Waals surface area contributed by atoms with Gasteiger partial charge in [0.1, 0.15) is 5.78 Å². The molecule has 0 aromatic heterocycles. The van der Waals surface area contributed by atoms with Crippen molar-refractivity contribution in [2.45, 2.75) is 32.1 Å². The summed E-state index contributed by atoms with van der Waals surface area (Å²) >= 11 is 1.66. The normalized spacial score (nSPS) is 10.5. The fourth-order valence-corrected chi connectivity index (χ4v) is 2.89. The average Bonchev–Trinajstić information content (AvgIpc) is 2.49. The van der Waals surface area contributed by atoms with Crippen molar-refractivity contribution in [1.29, 1.82) is 0 Å². The SMILES string of the molecule is CSc1ccc(C(=O)c2cc(C)c(CC(C)=O)cc2C)cc1. The van der Waals surface area contributed by atoms with Gasteiger partial charge in [-0.3, -0.25) is 9.59 Å². The Morgan fingerprint density at radius 2 is 1.64 bits per heavy atom. The number of benzene rings is 2. The highest BCUT2D eigenvalue weighted by Crippen LogP contribution is 2.22. The van der Waals surface area contributed by atoms with Gasteiger partial charge >= 0.3 is 0 Å². The summed E-state index contributed by atoms with van der Waals surface area (Å²) in [4.78, 5) is 25.1. The van der Waals surface area contributed by atoms with Crippen molar-refractivity contribution in [3.63, 3.8) is 0 Å². The number of hydrogen-bond donors (Lipinski definition) is 0. The summed E-state index contributed by atoms with van der Waals surface area (Å²) in [5.41, 5.74) is 4.31. The molecule has 2 aromatic carbocycles. The van der Waals surface area contributed by atoms with E-state index >= 15 is 0 Å². The van der Waals surface area contributed by atoms with E-state index < -0.39 is 0 Å². The number of carbonyl (C=O) groups excluding carboxylic acids is 2. The zero-order valence-electron chi connectivity index (χ0n) is 13.4. The molecular formula is C19H20O2S.